The van der Waals surface area contributed by atoms with Crippen molar-refractivity contribution in [3.8, 4) is 0 Å². The fraction of sp³-hybridized carbons (Fsp3) is 0.889. The fourth-order valence-electron chi connectivity index (χ4n) is 2.11. The Morgan fingerprint density at radius 2 is 1.20 bits per heavy atom. The zero-order chi connectivity index (χ0) is 19.7. The quantitative estimate of drug-likeness (QED) is 0.391. The number of hydrogen-bond acceptors (Lipinski definition) is 6. The summed E-state index contributed by atoms with van der Waals surface area (Å²) in [6, 6.07) is 0. The van der Waals surface area contributed by atoms with Crippen molar-refractivity contribution >= 4 is 33.1 Å². The minimum atomic E-state index is -1.49. The Hall–Kier alpha value is -0.341. The van der Waals surface area contributed by atoms with Crippen LogP contribution in [0.5, 0.6) is 0 Å². The summed E-state index contributed by atoms with van der Waals surface area (Å²) in [4.78, 5) is 19.9. The van der Waals surface area contributed by atoms with Crippen LogP contribution < -0.4 is 10.2 Å². The third-order valence-electron chi connectivity index (χ3n) is 4.67. The summed E-state index contributed by atoms with van der Waals surface area (Å²) in [6.45, 7) is 7.93. The molecule has 6 nitrogen and oxygen atoms in total. The second-order valence-corrected chi connectivity index (χ2v) is 11.4. The molecule has 0 radical (unpaired) electrons. The summed E-state index contributed by atoms with van der Waals surface area (Å²) in [5.41, 5.74) is -2.97. The predicted molar refractivity (Wildman–Crippen MR) is 92.7 cm³/mol. The van der Waals surface area contributed by atoms with Crippen LogP contribution in [0.3, 0.4) is 0 Å². The van der Waals surface area contributed by atoms with E-state index >= 15 is 0 Å². The second-order valence-electron chi connectivity index (χ2n) is 7.09. The zero-order valence-corrected chi connectivity index (χ0v) is 18.7. The van der Waals surface area contributed by atoms with Gasteiger partial charge in [0.2, 0.25) is 0 Å². The normalized spacial score (nSPS) is 31.4. The molecule has 0 amide bonds. The van der Waals surface area contributed by atoms with E-state index < -0.39 is 23.1 Å². The van der Waals surface area contributed by atoms with Gasteiger partial charge in [0, 0.05) is 0 Å². The van der Waals surface area contributed by atoms with Crippen molar-refractivity contribution in [2.75, 3.05) is 0 Å². The Bertz CT molecular complexity index is 392. The van der Waals surface area contributed by atoms with Crippen LogP contribution in [0, 0.1) is 11.8 Å². The Morgan fingerprint density at radius 1 is 0.920 bits per heavy atom. The summed E-state index contributed by atoms with van der Waals surface area (Å²) >= 11 is 0.149. The van der Waals surface area contributed by atoms with Gasteiger partial charge < -0.3 is 30.0 Å². The topological polar surface area (TPSA) is 121 Å². The molecule has 2 rings (SSSR count). The van der Waals surface area contributed by atoms with E-state index in [1.54, 1.807) is 22.7 Å². The van der Waals surface area contributed by atoms with Crippen molar-refractivity contribution in [1.29, 1.82) is 0 Å². The van der Waals surface area contributed by atoms with Crippen molar-refractivity contribution in [3.63, 3.8) is 0 Å². The number of rotatable bonds is 8. The number of carboxylic acid groups (broad SMARTS) is 2. The molecule has 4 unspecified atom stereocenters. The molecule has 0 aromatic rings. The van der Waals surface area contributed by atoms with Gasteiger partial charge in [0.1, 0.15) is 11.2 Å². The Morgan fingerprint density at radius 3 is 1.32 bits per heavy atom. The summed E-state index contributed by atoms with van der Waals surface area (Å²) in [7, 11) is 0. The maximum atomic E-state index is 9.93. The van der Waals surface area contributed by atoms with E-state index in [0.29, 0.717) is 12.8 Å². The van der Waals surface area contributed by atoms with Gasteiger partial charge in [-0.1, -0.05) is 13.8 Å². The molecular formula is C18H32O6Sn. The molecule has 2 saturated carbocycles. The van der Waals surface area contributed by atoms with Gasteiger partial charge in [-0.25, -0.2) is 0 Å². The molecule has 0 spiro atoms. The van der Waals surface area contributed by atoms with Crippen LogP contribution in [0.1, 0.15) is 66.2 Å². The monoisotopic (exact) mass is 464 g/mol. The van der Waals surface area contributed by atoms with Crippen molar-refractivity contribution in [2.45, 2.75) is 86.3 Å². The average molecular weight is 463 g/mol. The van der Waals surface area contributed by atoms with Crippen LogP contribution in [-0.4, -0.2) is 54.5 Å². The van der Waals surface area contributed by atoms with Crippen molar-refractivity contribution in [2.24, 2.45) is 11.8 Å². The summed E-state index contributed by atoms with van der Waals surface area (Å²) in [5, 5.41) is 37.5. The summed E-state index contributed by atoms with van der Waals surface area (Å²) < 4.78 is 3.25. The van der Waals surface area contributed by atoms with Gasteiger partial charge in [0.15, 0.2) is 0 Å². The second kappa shape index (κ2) is 11.4. The number of hydrogen-bond donors (Lipinski definition) is 2. The summed E-state index contributed by atoms with van der Waals surface area (Å²) in [6.07, 6.45) is 6.52. The van der Waals surface area contributed by atoms with E-state index in [0.717, 1.165) is 0 Å². The molecule has 0 aromatic heterocycles. The van der Waals surface area contributed by atoms with E-state index in [1.807, 2.05) is 0 Å². The fourth-order valence-corrected chi connectivity index (χ4v) is 6.27. The molecule has 0 saturated heterocycles. The molecule has 2 fully saturated rings. The van der Waals surface area contributed by atoms with Gasteiger partial charge in [-0.05, 0) is 24.7 Å². The van der Waals surface area contributed by atoms with Gasteiger partial charge in [-0.2, -0.15) is 0 Å². The molecule has 144 valence electrons. The van der Waals surface area contributed by atoms with E-state index in [4.69, 9.17) is 10.2 Å². The van der Waals surface area contributed by atoms with E-state index in [2.05, 4.69) is 13.8 Å². The van der Waals surface area contributed by atoms with Gasteiger partial charge >= 0.3 is 69.5 Å². The first-order valence-corrected chi connectivity index (χ1v) is 13.2. The first-order chi connectivity index (χ1) is 11.6. The first-order valence-electron chi connectivity index (χ1n) is 9.14. The van der Waals surface area contributed by atoms with Gasteiger partial charge in [-0.15, -0.1) is 0 Å². The molecular weight excluding hydrogens is 431 g/mol. The van der Waals surface area contributed by atoms with Crippen LogP contribution in [0.4, 0.5) is 0 Å². The van der Waals surface area contributed by atoms with Crippen LogP contribution in [-0.2, 0) is 9.59 Å². The molecule has 0 bridgehead atoms. The van der Waals surface area contributed by atoms with Crippen LogP contribution in [0.15, 0.2) is 0 Å². The maximum absolute atomic E-state index is 9.93. The van der Waals surface area contributed by atoms with Gasteiger partial charge in [-0.3, -0.25) is 0 Å². The Kier molecular flexibility index (Phi) is 11.2. The SMILES string of the molecule is CC1CC1(O)C(=O)[O-].CC1CC1(O)C(=O)[O-].CCC[CH2][Sn+2][CH2]CCC. The predicted octanol–water partition coefficient (Wildman–Crippen LogP) is 0.142. The van der Waals surface area contributed by atoms with Gasteiger partial charge in [0.25, 0.3) is 0 Å². The molecule has 0 aromatic carbocycles. The van der Waals surface area contributed by atoms with E-state index in [9.17, 15) is 19.8 Å². The molecule has 4 atom stereocenters. The van der Waals surface area contributed by atoms with Crippen molar-refractivity contribution in [1.82, 2.24) is 0 Å². The standard InChI is InChI=1S/2C5H8O3.2C4H9.Sn/c2*1-3-2-5(3,8)4(6)7;2*1-3-4-2;/h2*3,8H,2H2,1H3,(H,6,7);2*1,3-4H2,2H3;/q;;;;+2/p-2. The van der Waals surface area contributed by atoms with Gasteiger partial charge in [0.05, 0.1) is 11.9 Å². The zero-order valence-electron chi connectivity index (χ0n) is 15.8. The molecule has 2 aliphatic rings. The van der Waals surface area contributed by atoms with Crippen molar-refractivity contribution in [3.05, 3.63) is 0 Å². The average Bonchev–Trinajstić information content (AvgIpc) is 3.37. The molecule has 0 heterocycles. The van der Waals surface area contributed by atoms with E-state index in [1.165, 1.54) is 25.7 Å². The number of carboxylic acids is 2. The number of aliphatic hydroxyl groups is 2. The number of aliphatic carboxylic acids is 2. The van der Waals surface area contributed by atoms with Crippen molar-refractivity contribution < 1.29 is 30.0 Å². The first kappa shape index (κ1) is 24.7. The summed E-state index contributed by atoms with van der Waals surface area (Å²) in [5.74, 6) is -2.92. The Balaban J connectivity index is 0.000000346. The van der Waals surface area contributed by atoms with Crippen LogP contribution in [0.2, 0.25) is 8.87 Å². The van der Waals surface area contributed by atoms with Crippen LogP contribution >= 0.6 is 0 Å². The number of carbonyl (C=O) groups excluding carboxylic acids is 2. The Labute approximate surface area is 161 Å². The third kappa shape index (κ3) is 8.73. The van der Waals surface area contributed by atoms with Crippen LogP contribution in [0.25, 0.3) is 0 Å². The van der Waals surface area contributed by atoms with E-state index in [-0.39, 0.29) is 33.0 Å². The molecule has 7 heteroatoms. The molecule has 0 aliphatic heterocycles. The minimum absolute atomic E-state index is 0.118. The molecule has 2 N–H and O–H groups in total. The molecule has 2 aliphatic carbocycles. The molecule has 25 heavy (non-hydrogen) atoms. The number of carbonyl (C=O) groups is 2. The third-order valence-corrected chi connectivity index (χ3v) is 8.70. The number of unbranched alkanes of at least 4 members (excludes halogenated alkanes) is 2.